The first kappa shape index (κ1) is 20.6. The van der Waals surface area contributed by atoms with Gasteiger partial charge in [0.25, 0.3) is 0 Å². The molecule has 0 radical (unpaired) electrons. The van der Waals surface area contributed by atoms with Crippen molar-refractivity contribution in [2.45, 2.75) is 57.5 Å². The molecule has 1 aromatic rings. The van der Waals surface area contributed by atoms with Crippen molar-refractivity contribution in [2.24, 2.45) is 11.8 Å². The van der Waals surface area contributed by atoms with Gasteiger partial charge in [-0.3, -0.25) is 14.9 Å². The zero-order valence-electron chi connectivity index (χ0n) is 15.6. The van der Waals surface area contributed by atoms with Gasteiger partial charge in [-0.2, -0.15) is 13.2 Å². The summed E-state index contributed by atoms with van der Waals surface area (Å²) in [5, 5.41) is 8.69. The van der Waals surface area contributed by atoms with Crippen LogP contribution in [0.15, 0.2) is 18.2 Å². The molecule has 2 aliphatic rings. The molecule has 154 valence electrons. The predicted molar refractivity (Wildman–Crippen MR) is 93.3 cm³/mol. The van der Waals surface area contributed by atoms with Crippen molar-refractivity contribution in [1.82, 2.24) is 16.0 Å². The van der Waals surface area contributed by atoms with Crippen LogP contribution in [0.3, 0.4) is 0 Å². The molecule has 28 heavy (non-hydrogen) atoms. The smallest absolute Gasteiger partial charge is 0.348 e. The first-order valence-corrected chi connectivity index (χ1v) is 9.28. The van der Waals surface area contributed by atoms with Crippen LogP contribution < -0.4 is 16.0 Å². The number of hydrogen-bond acceptors (Lipinski definition) is 3. The summed E-state index contributed by atoms with van der Waals surface area (Å²) in [5.41, 5.74) is -1.10. The van der Waals surface area contributed by atoms with Gasteiger partial charge in [0.15, 0.2) is 0 Å². The minimum atomic E-state index is -4.78. The molecule has 9 heteroatoms. The SMILES string of the molecule is CC(C)[C@@H](NC(=O)C1CC(=O)NC(C2CC2)N1)c1ccc(C(F)(F)F)c(F)c1. The van der Waals surface area contributed by atoms with E-state index in [0.717, 1.165) is 18.9 Å². The normalized spacial score (nSPS) is 24.0. The van der Waals surface area contributed by atoms with Gasteiger partial charge in [0.2, 0.25) is 11.8 Å². The van der Waals surface area contributed by atoms with Gasteiger partial charge in [-0.15, -0.1) is 0 Å². The van der Waals surface area contributed by atoms with Crippen LogP contribution in [0.2, 0.25) is 0 Å². The average Bonchev–Trinajstić information content (AvgIpc) is 3.42. The van der Waals surface area contributed by atoms with Crippen LogP contribution in [0.5, 0.6) is 0 Å². The van der Waals surface area contributed by atoms with Crippen molar-refractivity contribution in [3.05, 3.63) is 35.1 Å². The summed E-state index contributed by atoms with van der Waals surface area (Å²) < 4.78 is 52.3. The van der Waals surface area contributed by atoms with Crippen LogP contribution in [0, 0.1) is 17.7 Å². The van der Waals surface area contributed by atoms with Crippen LogP contribution in [-0.4, -0.2) is 24.0 Å². The Balaban J connectivity index is 1.75. The molecule has 2 unspecified atom stereocenters. The van der Waals surface area contributed by atoms with Gasteiger partial charge in [-0.1, -0.05) is 19.9 Å². The number of carbonyl (C=O) groups is 2. The molecule has 1 saturated heterocycles. The van der Waals surface area contributed by atoms with E-state index in [2.05, 4.69) is 16.0 Å². The van der Waals surface area contributed by atoms with E-state index in [1.165, 1.54) is 6.07 Å². The molecule has 1 heterocycles. The molecule has 2 fully saturated rings. The Morgan fingerprint density at radius 3 is 2.46 bits per heavy atom. The van der Waals surface area contributed by atoms with Gasteiger partial charge in [0, 0.05) is 0 Å². The summed E-state index contributed by atoms with van der Waals surface area (Å²) in [6.07, 6.45) is -3.10. The zero-order chi connectivity index (χ0) is 20.6. The third kappa shape index (κ3) is 4.63. The molecule has 1 aliphatic heterocycles. The number of hydrogen-bond donors (Lipinski definition) is 3. The highest BCUT2D eigenvalue weighted by atomic mass is 19.4. The minimum absolute atomic E-state index is 0.0265. The highest BCUT2D eigenvalue weighted by Crippen LogP contribution is 2.34. The summed E-state index contributed by atoms with van der Waals surface area (Å²) in [4.78, 5) is 24.6. The lowest BCUT2D eigenvalue weighted by Gasteiger charge is -2.33. The minimum Gasteiger partial charge on any atom is -0.348 e. The van der Waals surface area contributed by atoms with E-state index >= 15 is 0 Å². The molecule has 1 saturated carbocycles. The average molecular weight is 401 g/mol. The third-order valence-corrected chi connectivity index (χ3v) is 5.12. The number of alkyl halides is 3. The summed E-state index contributed by atoms with van der Waals surface area (Å²) >= 11 is 0. The van der Waals surface area contributed by atoms with Crippen molar-refractivity contribution in [1.29, 1.82) is 0 Å². The van der Waals surface area contributed by atoms with E-state index < -0.39 is 35.5 Å². The van der Waals surface area contributed by atoms with E-state index in [0.29, 0.717) is 12.0 Å². The Kier molecular flexibility index (Phi) is 5.65. The topological polar surface area (TPSA) is 70.2 Å². The second-order valence-electron chi connectivity index (χ2n) is 7.77. The van der Waals surface area contributed by atoms with Gasteiger partial charge >= 0.3 is 6.18 Å². The van der Waals surface area contributed by atoms with Crippen molar-refractivity contribution in [2.75, 3.05) is 0 Å². The number of amides is 2. The fraction of sp³-hybridized carbons (Fsp3) is 0.579. The Morgan fingerprint density at radius 2 is 1.93 bits per heavy atom. The second kappa shape index (κ2) is 7.69. The molecule has 3 rings (SSSR count). The molecule has 3 N–H and O–H groups in total. The lowest BCUT2D eigenvalue weighted by atomic mass is 9.94. The fourth-order valence-corrected chi connectivity index (χ4v) is 3.43. The van der Waals surface area contributed by atoms with E-state index in [4.69, 9.17) is 0 Å². The molecule has 1 aromatic carbocycles. The predicted octanol–water partition coefficient (Wildman–Crippen LogP) is 2.87. The summed E-state index contributed by atoms with van der Waals surface area (Å²) in [6, 6.07) is 1.24. The molecule has 5 nitrogen and oxygen atoms in total. The quantitative estimate of drug-likeness (QED) is 0.665. The summed E-state index contributed by atoms with van der Waals surface area (Å²) in [6.45, 7) is 3.54. The molecule has 1 aliphatic carbocycles. The highest BCUT2D eigenvalue weighted by molar-refractivity contribution is 5.89. The second-order valence-corrected chi connectivity index (χ2v) is 7.77. The first-order valence-electron chi connectivity index (χ1n) is 9.28. The number of nitrogens with one attached hydrogen (secondary N) is 3. The van der Waals surface area contributed by atoms with Gasteiger partial charge in [-0.05, 0) is 42.4 Å². The van der Waals surface area contributed by atoms with E-state index in [9.17, 15) is 27.2 Å². The zero-order valence-corrected chi connectivity index (χ0v) is 15.6. The third-order valence-electron chi connectivity index (χ3n) is 5.12. The van der Waals surface area contributed by atoms with Gasteiger partial charge < -0.3 is 10.6 Å². The number of rotatable bonds is 5. The Bertz CT molecular complexity index is 762. The Hall–Kier alpha value is -2.16. The van der Waals surface area contributed by atoms with Crippen molar-refractivity contribution in [3.63, 3.8) is 0 Å². The van der Waals surface area contributed by atoms with Gasteiger partial charge in [-0.25, -0.2) is 4.39 Å². The maximum Gasteiger partial charge on any atom is 0.419 e. The van der Waals surface area contributed by atoms with Crippen LogP contribution in [0.4, 0.5) is 17.6 Å². The first-order chi connectivity index (χ1) is 13.1. The van der Waals surface area contributed by atoms with Crippen LogP contribution in [0.25, 0.3) is 0 Å². The molecular weight excluding hydrogens is 378 g/mol. The van der Waals surface area contributed by atoms with E-state index in [1.807, 2.05) is 0 Å². The number of halogens is 4. The Labute approximate surface area is 160 Å². The molecule has 0 spiro atoms. The largest absolute Gasteiger partial charge is 0.419 e. The van der Waals surface area contributed by atoms with Crippen LogP contribution >= 0.6 is 0 Å². The fourth-order valence-electron chi connectivity index (χ4n) is 3.43. The molecular formula is C19H23F4N3O2. The maximum atomic E-state index is 14.0. The van der Waals surface area contributed by atoms with Crippen LogP contribution in [-0.2, 0) is 15.8 Å². The summed E-state index contributed by atoms with van der Waals surface area (Å²) in [5.74, 6) is -1.92. The standard InChI is InChI=1S/C19H23F4N3O2/c1-9(2)16(11-5-6-12(13(20)7-11)19(21,22)23)26-18(28)14-8-15(27)25-17(24-14)10-3-4-10/h5-7,9-10,14,16-17,24H,3-4,8H2,1-2H3,(H,25,27)(H,26,28)/t14?,16-,17?/m1/s1. The maximum absolute atomic E-state index is 14.0. The number of benzene rings is 1. The Morgan fingerprint density at radius 1 is 1.25 bits per heavy atom. The molecule has 3 atom stereocenters. The van der Waals surface area contributed by atoms with Crippen molar-refractivity contribution < 1.29 is 27.2 Å². The van der Waals surface area contributed by atoms with Crippen molar-refractivity contribution in [3.8, 4) is 0 Å². The lowest BCUT2D eigenvalue weighted by molar-refractivity contribution is -0.140. The lowest BCUT2D eigenvalue weighted by Crippen LogP contribution is -2.61. The molecule has 2 amide bonds. The highest BCUT2D eigenvalue weighted by Gasteiger charge is 2.40. The van der Waals surface area contributed by atoms with E-state index in [-0.39, 0.29) is 30.0 Å². The van der Waals surface area contributed by atoms with Gasteiger partial charge in [0.1, 0.15) is 5.82 Å². The number of carbonyl (C=O) groups excluding carboxylic acids is 2. The molecule has 0 aromatic heterocycles. The monoisotopic (exact) mass is 401 g/mol. The van der Waals surface area contributed by atoms with Gasteiger partial charge in [0.05, 0.1) is 30.2 Å². The summed E-state index contributed by atoms with van der Waals surface area (Å²) in [7, 11) is 0. The molecule has 0 bridgehead atoms. The van der Waals surface area contributed by atoms with E-state index in [1.54, 1.807) is 13.8 Å². The van der Waals surface area contributed by atoms with Crippen LogP contribution in [0.1, 0.15) is 50.3 Å². The van der Waals surface area contributed by atoms with Crippen molar-refractivity contribution >= 4 is 11.8 Å².